The van der Waals surface area contributed by atoms with Crippen LogP contribution in [0.2, 0.25) is 0 Å². The molecule has 3 aromatic rings. The molecule has 1 heterocycles. The first kappa shape index (κ1) is 25.2. The van der Waals surface area contributed by atoms with Crippen molar-refractivity contribution in [1.82, 2.24) is 10.3 Å². The summed E-state index contributed by atoms with van der Waals surface area (Å²) in [6.07, 6.45) is 0.665. The maximum Gasteiger partial charge on any atom is 0.410 e. The number of anilines is 1. The van der Waals surface area contributed by atoms with E-state index in [0.717, 1.165) is 27.8 Å². The number of alkyl carbamates (subject to hydrolysis) is 1. The topological polar surface area (TPSA) is 121 Å². The molecule has 188 valence electrons. The van der Waals surface area contributed by atoms with E-state index in [4.69, 9.17) is 9.84 Å². The lowest BCUT2D eigenvalue weighted by atomic mass is 9.62. The first-order valence-corrected chi connectivity index (χ1v) is 11.8. The van der Waals surface area contributed by atoms with E-state index in [1.54, 1.807) is 40.0 Å². The summed E-state index contributed by atoms with van der Waals surface area (Å²) in [5.41, 5.74) is 2.07. The Hall–Kier alpha value is -3.91. The van der Waals surface area contributed by atoms with Gasteiger partial charge in [-0.3, -0.25) is 5.32 Å². The third-order valence-corrected chi connectivity index (χ3v) is 6.08. The highest BCUT2D eigenvalue weighted by atomic mass is 16.6. The number of ether oxygens (including phenoxy) is 1. The van der Waals surface area contributed by atoms with Gasteiger partial charge in [0.1, 0.15) is 11.4 Å². The smallest absolute Gasteiger partial charge is 0.410 e. The summed E-state index contributed by atoms with van der Waals surface area (Å²) in [6.45, 7) is 7.17. The van der Waals surface area contributed by atoms with Gasteiger partial charge in [-0.25, -0.2) is 14.6 Å². The number of aromatic nitrogens is 1. The monoisotopic (exact) mass is 489 g/mol. The van der Waals surface area contributed by atoms with Crippen LogP contribution in [-0.4, -0.2) is 38.6 Å². The molecule has 0 aliphatic heterocycles. The number of rotatable bonds is 5. The summed E-state index contributed by atoms with van der Waals surface area (Å²) in [4.78, 5) is 28.0. The quantitative estimate of drug-likeness (QED) is 0.361. The van der Waals surface area contributed by atoms with E-state index in [2.05, 4.69) is 15.6 Å². The van der Waals surface area contributed by atoms with Gasteiger partial charge >= 0.3 is 12.2 Å². The minimum Gasteiger partial charge on any atom is -0.465 e. The van der Waals surface area contributed by atoms with E-state index in [1.165, 1.54) is 0 Å². The molecule has 1 fully saturated rings. The average Bonchev–Trinajstić information content (AvgIpc) is 2.76. The molecule has 0 radical (unpaired) electrons. The SMILES string of the molecule is CC1(O)CC(NC(=O)OC(C)(C)C)(c2ccc(-c3cnc(NC(=O)O)cc3-c3ccccc3)cc2)C1. The van der Waals surface area contributed by atoms with Crippen LogP contribution < -0.4 is 10.6 Å². The van der Waals surface area contributed by atoms with Crippen molar-refractivity contribution in [3.8, 4) is 22.3 Å². The predicted octanol–water partition coefficient (Wildman–Crippen LogP) is 5.77. The first-order valence-electron chi connectivity index (χ1n) is 11.8. The Morgan fingerprint density at radius 2 is 1.58 bits per heavy atom. The number of benzene rings is 2. The highest BCUT2D eigenvalue weighted by Gasteiger charge is 2.53. The van der Waals surface area contributed by atoms with Gasteiger partial charge < -0.3 is 20.3 Å². The Morgan fingerprint density at radius 1 is 0.972 bits per heavy atom. The highest BCUT2D eigenvalue weighted by Crippen LogP contribution is 2.48. The van der Waals surface area contributed by atoms with Crippen molar-refractivity contribution in [1.29, 1.82) is 0 Å². The minimum atomic E-state index is -1.18. The van der Waals surface area contributed by atoms with E-state index in [1.807, 2.05) is 54.6 Å². The van der Waals surface area contributed by atoms with Gasteiger partial charge in [-0.05, 0) is 56.0 Å². The van der Waals surface area contributed by atoms with Crippen molar-refractivity contribution in [3.05, 3.63) is 72.4 Å². The standard InChI is InChI=1S/C28H31N3O5/c1-26(2,3)36-25(34)31-28(16-27(4,35)17-28)20-12-10-19(11-13-20)22-15-29-23(30-24(32)33)14-21(22)18-8-6-5-7-9-18/h5-15,35H,16-17H2,1-4H3,(H,29,30)(H,31,34)(H,32,33). The van der Waals surface area contributed by atoms with Crippen molar-refractivity contribution in [3.63, 3.8) is 0 Å². The lowest BCUT2D eigenvalue weighted by molar-refractivity contribution is -0.0892. The van der Waals surface area contributed by atoms with Gasteiger partial charge in [0.2, 0.25) is 0 Å². The molecule has 4 N–H and O–H groups in total. The molecule has 0 unspecified atom stereocenters. The number of pyridine rings is 1. The van der Waals surface area contributed by atoms with E-state index < -0.39 is 28.9 Å². The number of hydrogen-bond donors (Lipinski definition) is 4. The summed E-state index contributed by atoms with van der Waals surface area (Å²) in [5.74, 6) is 0.235. The summed E-state index contributed by atoms with van der Waals surface area (Å²) in [5, 5.41) is 24.9. The van der Waals surface area contributed by atoms with Crippen LogP contribution in [0.3, 0.4) is 0 Å². The van der Waals surface area contributed by atoms with Crippen LogP contribution in [-0.2, 0) is 10.3 Å². The third kappa shape index (κ3) is 5.66. The van der Waals surface area contributed by atoms with E-state index >= 15 is 0 Å². The van der Waals surface area contributed by atoms with Crippen LogP contribution in [0.5, 0.6) is 0 Å². The van der Waals surface area contributed by atoms with Crippen molar-refractivity contribution in [2.45, 2.75) is 57.3 Å². The second-order valence-corrected chi connectivity index (χ2v) is 10.5. The van der Waals surface area contributed by atoms with Crippen molar-refractivity contribution >= 4 is 18.0 Å². The van der Waals surface area contributed by atoms with Gasteiger partial charge in [-0.1, -0.05) is 54.6 Å². The van der Waals surface area contributed by atoms with Crippen molar-refractivity contribution in [2.24, 2.45) is 0 Å². The molecule has 8 heteroatoms. The number of nitrogens with one attached hydrogen (secondary N) is 2. The molecule has 4 rings (SSSR count). The lowest BCUT2D eigenvalue weighted by Crippen LogP contribution is -2.62. The summed E-state index contributed by atoms with van der Waals surface area (Å²) in [6, 6.07) is 19.1. The minimum absolute atomic E-state index is 0.235. The molecule has 8 nitrogen and oxygen atoms in total. The Morgan fingerprint density at radius 3 is 2.14 bits per heavy atom. The van der Waals surface area contributed by atoms with Crippen LogP contribution in [0.15, 0.2) is 66.9 Å². The number of carbonyl (C=O) groups is 2. The number of hydrogen-bond acceptors (Lipinski definition) is 5. The van der Waals surface area contributed by atoms with Gasteiger partial charge in [-0.15, -0.1) is 0 Å². The number of nitrogens with zero attached hydrogens (tertiary/aromatic N) is 1. The molecule has 1 aliphatic rings. The lowest BCUT2D eigenvalue weighted by Gasteiger charge is -2.52. The molecule has 0 bridgehead atoms. The maximum atomic E-state index is 12.6. The largest absolute Gasteiger partial charge is 0.465 e. The molecule has 0 spiro atoms. The zero-order valence-electron chi connectivity index (χ0n) is 20.8. The fourth-order valence-corrected chi connectivity index (χ4v) is 4.80. The van der Waals surface area contributed by atoms with E-state index in [9.17, 15) is 14.7 Å². The fourth-order valence-electron chi connectivity index (χ4n) is 4.80. The van der Waals surface area contributed by atoms with Gasteiger partial charge in [0, 0.05) is 24.6 Å². The Kier molecular flexibility index (Phi) is 6.49. The van der Waals surface area contributed by atoms with Crippen LogP contribution in [0.25, 0.3) is 22.3 Å². The van der Waals surface area contributed by atoms with Crippen LogP contribution in [0.4, 0.5) is 15.4 Å². The molecule has 0 saturated heterocycles. The normalized spacial score (nSPS) is 21.2. The van der Waals surface area contributed by atoms with Gasteiger partial charge in [0.15, 0.2) is 0 Å². The molecule has 1 saturated carbocycles. The molecule has 0 atom stereocenters. The number of carboxylic acid groups (broad SMARTS) is 1. The Bertz CT molecular complexity index is 1260. The Labute approximate surface area is 210 Å². The second-order valence-electron chi connectivity index (χ2n) is 10.5. The summed E-state index contributed by atoms with van der Waals surface area (Å²) >= 11 is 0. The zero-order chi connectivity index (χ0) is 26.1. The van der Waals surface area contributed by atoms with Crippen molar-refractivity contribution in [2.75, 3.05) is 5.32 Å². The molecule has 1 aromatic heterocycles. The third-order valence-electron chi connectivity index (χ3n) is 6.08. The highest BCUT2D eigenvalue weighted by molar-refractivity contribution is 5.88. The summed E-state index contributed by atoms with van der Waals surface area (Å²) in [7, 11) is 0. The van der Waals surface area contributed by atoms with Crippen LogP contribution in [0, 0.1) is 0 Å². The zero-order valence-corrected chi connectivity index (χ0v) is 20.8. The predicted molar refractivity (Wildman–Crippen MR) is 138 cm³/mol. The number of carbonyl (C=O) groups excluding carboxylic acids is 1. The maximum absolute atomic E-state index is 12.6. The van der Waals surface area contributed by atoms with Gasteiger partial charge in [0.25, 0.3) is 0 Å². The molecular weight excluding hydrogens is 458 g/mol. The molecule has 36 heavy (non-hydrogen) atoms. The summed E-state index contributed by atoms with van der Waals surface area (Å²) < 4.78 is 5.47. The number of aliphatic hydroxyl groups is 1. The second kappa shape index (κ2) is 9.28. The van der Waals surface area contributed by atoms with Crippen molar-refractivity contribution < 1.29 is 24.5 Å². The number of amides is 2. The first-order chi connectivity index (χ1) is 16.9. The molecule has 1 aliphatic carbocycles. The van der Waals surface area contributed by atoms with E-state index in [0.29, 0.717) is 12.8 Å². The molecular formula is C28H31N3O5. The Balaban J connectivity index is 1.68. The van der Waals surface area contributed by atoms with Crippen LogP contribution in [0.1, 0.15) is 46.1 Å². The van der Waals surface area contributed by atoms with Gasteiger partial charge in [-0.2, -0.15) is 0 Å². The fraction of sp³-hybridized carbons (Fsp3) is 0.321. The molecule has 2 aromatic carbocycles. The average molecular weight is 490 g/mol. The van der Waals surface area contributed by atoms with E-state index in [-0.39, 0.29) is 5.82 Å². The van der Waals surface area contributed by atoms with Crippen LogP contribution >= 0.6 is 0 Å². The molecule has 2 amide bonds. The van der Waals surface area contributed by atoms with Gasteiger partial charge in [0.05, 0.1) is 11.1 Å².